The molecule has 1 aromatic rings. The Hall–Kier alpha value is -1.03. The number of hydrogen-bond acceptors (Lipinski definition) is 4. The third-order valence-corrected chi connectivity index (χ3v) is 2.71. The minimum absolute atomic E-state index is 0.209. The average molecular weight is 213 g/mol. The number of hydrogen-bond donors (Lipinski definition) is 2. The Morgan fingerprint density at radius 2 is 2.29 bits per heavy atom. The molecule has 1 heterocycles. The van der Waals surface area contributed by atoms with Crippen LogP contribution in [0.5, 0.6) is 0 Å². The highest BCUT2D eigenvalue weighted by molar-refractivity contribution is 6.29. The third kappa shape index (κ3) is 2.26. The van der Waals surface area contributed by atoms with Crippen LogP contribution in [0.3, 0.4) is 0 Å². The van der Waals surface area contributed by atoms with Gasteiger partial charge in [0, 0.05) is 12.6 Å². The second-order valence-electron chi connectivity index (χ2n) is 4.10. The zero-order chi connectivity index (χ0) is 10.2. The molecule has 76 valence electrons. The van der Waals surface area contributed by atoms with Crippen molar-refractivity contribution in [2.45, 2.75) is 19.8 Å². The monoisotopic (exact) mass is 212 g/mol. The fourth-order valence-corrected chi connectivity index (χ4v) is 1.41. The highest BCUT2D eigenvalue weighted by Gasteiger charge is 2.36. The number of nitrogens with one attached hydrogen (secondary N) is 1. The maximum Gasteiger partial charge on any atom is 0.223 e. The number of nitrogens with zero attached hydrogens (tertiary/aromatic N) is 2. The van der Waals surface area contributed by atoms with Crippen LogP contribution in [0.1, 0.15) is 19.8 Å². The van der Waals surface area contributed by atoms with Crippen molar-refractivity contribution in [3.63, 3.8) is 0 Å². The van der Waals surface area contributed by atoms with Crippen molar-refractivity contribution >= 4 is 23.4 Å². The van der Waals surface area contributed by atoms with Crippen LogP contribution < -0.4 is 11.1 Å². The minimum Gasteiger partial charge on any atom is -0.369 e. The van der Waals surface area contributed by atoms with E-state index in [9.17, 15) is 0 Å². The molecule has 0 aromatic carbocycles. The summed E-state index contributed by atoms with van der Waals surface area (Å²) in [6, 6.07) is 1.68. The Morgan fingerprint density at radius 1 is 1.57 bits per heavy atom. The Morgan fingerprint density at radius 3 is 2.86 bits per heavy atom. The molecule has 14 heavy (non-hydrogen) atoms. The van der Waals surface area contributed by atoms with Gasteiger partial charge in [-0.1, -0.05) is 18.5 Å². The van der Waals surface area contributed by atoms with Crippen molar-refractivity contribution in [1.82, 2.24) is 9.97 Å². The summed E-state index contributed by atoms with van der Waals surface area (Å²) in [5.41, 5.74) is 5.90. The molecule has 1 fully saturated rings. The van der Waals surface area contributed by atoms with Gasteiger partial charge in [0.25, 0.3) is 0 Å². The Balaban J connectivity index is 2.01. The van der Waals surface area contributed by atoms with Gasteiger partial charge in [0.15, 0.2) is 0 Å². The van der Waals surface area contributed by atoms with Gasteiger partial charge in [0.05, 0.1) is 0 Å². The molecular weight excluding hydrogens is 200 g/mol. The van der Waals surface area contributed by atoms with Crippen molar-refractivity contribution in [2.24, 2.45) is 5.41 Å². The van der Waals surface area contributed by atoms with Crippen LogP contribution >= 0.6 is 11.6 Å². The number of nitrogens with two attached hydrogens (primary N) is 1. The molecule has 4 nitrogen and oxygen atoms in total. The first-order chi connectivity index (χ1) is 6.57. The van der Waals surface area contributed by atoms with E-state index in [0.717, 1.165) is 6.54 Å². The molecule has 0 radical (unpaired) electrons. The lowest BCUT2D eigenvalue weighted by atomic mass is 10.1. The van der Waals surface area contributed by atoms with Crippen molar-refractivity contribution < 1.29 is 0 Å². The molecule has 2 rings (SSSR count). The predicted octanol–water partition coefficient (Wildman–Crippen LogP) is 1.92. The molecule has 1 aliphatic rings. The molecule has 0 unspecified atom stereocenters. The van der Waals surface area contributed by atoms with E-state index >= 15 is 0 Å². The van der Waals surface area contributed by atoms with Gasteiger partial charge >= 0.3 is 0 Å². The van der Waals surface area contributed by atoms with E-state index in [2.05, 4.69) is 22.2 Å². The van der Waals surface area contributed by atoms with E-state index in [1.807, 2.05) is 0 Å². The molecule has 0 bridgehead atoms. The summed E-state index contributed by atoms with van der Waals surface area (Å²) in [4.78, 5) is 7.82. The Bertz CT molecular complexity index is 328. The van der Waals surface area contributed by atoms with Crippen molar-refractivity contribution in [1.29, 1.82) is 0 Å². The molecule has 0 aliphatic heterocycles. The maximum atomic E-state index is 5.74. The molecule has 5 heteroatoms. The average Bonchev–Trinajstić information content (AvgIpc) is 2.80. The van der Waals surface area contributed by atoms with Crippen LogP contribution in [0.15, 0.2) is 6.07 Å². The fourth-order valence-electron chi connectivity index (χ4n) is 1.22. The summed E-state index contributed by atoms with van der Waals surface area (Å²) in [5.74, 6) is 0.913. The van der Waals surface area contributed by atoms with Crippen LogP contribution in [0.2, 0.25) is 5.15 Å². The zero-order valence-corrected chi connectivity index (χ0v) is 8.80. The maximum absolute atomic E-state index is 5.74. The van der Waals surface area contributed by atoms with Crippen molar-refractivity contribution in [3.05, 3.63) is 11.2 Å². The summed E-state index contributed by atoms with van der Waals surface area (Å²) in [7, 11) is 0. The van der Waals surface area contributed by atoms with E-state index in [4.69, 9.17) is 17.3 Å². The van der Waals surface area contributed by atoms with E-state index in [0.29, 0.717) is 16.4 Å². The molecular formula is C9H13ClN4. The normalized spacial score (nSPS) is 17.9. The Labute approximate surface area is 87.9 Å². The van der Waals surface area contributed by atoms with Gasteiger partial charge < -0.3 is 11.1 Å². The molecule has 0 atom stereocenters. The Kier molecular flexibility index (Phi) is 2.23. The summed E-state index contributed by atoms with van der Waals surface area (Å²) in [6.45, 7) is 3.16. The van der Waals surface area contributed by atoms with Gasteiger partial charge in [-0.25, -0.2) is 4.98 Å². The molecule has 1 saturated carbocycles. The van der Waals surface area contributed by atoms with E-state index in [1.165, 1.54) is 12.8 Å². The molecule has 1 aliphatic carbocycles. The van der Waals surface area contributed by atoms with Crippen LogP contribution in [-0.4, -0.2) is 16.5 Å². The number of halogens is 1. The standard InChI is InChI=1S/C9H13ClN4/c1-9(2-3-9)5-12-7-4-6(10)13-8(11)14-7/h4H,2-3,5H2,1H3,(H3,11,12,13,14). The van der Waals surface area contributed by atoms with E-state index in [-0.39, 0.29) is 5.95 Å². The first-order valence-corrected chi connectivity index (χ1v) is 4.99. The second kappa shape index (κ2) is 3.28. The number of aromatic nitrogens is 2. The highest BCUT2D eigenvalue weighted by Crippen LogP contribution is 2.44. The summed E-state index contributed by atoms with van der Waals surface area (Å²) >= 11 is 5.74. The van der Waals surface area contributed by atoms with Gasteiger partial charge in [-0.05, 0) is 18.3 Å². The second-order valence-corrected chi connectivity index (χ2v) is 4.49. The predicted molar refractivity (Wildman–Crippen MR) is 57.3 cm³/mol. The van der Waals surface area contributed by atoms with E-state index < -0.39 is 0 Å². The summed E-state index contributed by atoms with van der Waals surface area (Å²) in [6.07, 6.45) is 2.54. The van der Waals surface area contributed by atoms with Crippen LogP contribution in [0, 0.1) is 5.41 Å². The topological polar surface area (TPSA) is 63.8 Å². The zero-order valence-electron chi connectivity index (χ0n) is 8.05. The first-order valence-electron chi connectivity index (χ1n) is 4.61. The quantitative estimate of drug-likeness (QED) is 0.752. The van der Waals surface area contributed by atoms with Gasteiger partial charge in [0.1, 0.15) is 11.0 Å². The molecule has 1 aromatic heterocycles. The molecule has 3 N–H and O–H groups in total. The lowest BCUT2D eigenvalue weighted by molar-refractivity contribution is 0.609. The SMILES string of the molecule is CC1(CNc2cc(Cl)nc(N)n2)CC1. The molecule has 0 saturated heterocycles. The third-order valence-electron chi connectivity index (χ3n) is 2.51. The van der Waals surface area contributed by atoms with Gasteiger partial charge in [0.2, 0.25) is 5.95 Å². The fraction of sp³-hybridized carbons (Fsp3) is 0.556. The number of anilines is 2. The number of rotatable bonds is 3. The van der Waals surface area contributed by atoms with Crippen LogP contribution in [0.4, 0.5) is 11.8 Å². The smallest absolute Gasteiger partial charge is 0.223 e. The van der Waals surface area contributed by atoms with Crippen LogP contribution in [-0.2, 0) is 0 Å². The van der Waals surface area contributed by atoms with Crippen molar-refractivity contribution in [3.8, 4) is 0 Å². The van der Waals surface area contributed by atoms with Crippen LogP contribution in [0.25, 0.3) is 0 Å². The lowest BCUT2D eigenvalue weighted by Gasteiger charge is -2.10. The molecule has 0 spiro atoms. The first kappa shape index (κ1) is 9.52. The van der Waals surface area contributed by atoms with Crippen molar-refractivity contribution in [2.75, 3.05) is 17.6 Å². The number of nitrogen functional groups attached to an aromatic ring is 1. The summed E-state index contributed by atoms with van der Waals surface area (Å²) < 4.78 is 0. The highest BCUT2D eigenvalue weighted by atomic mass is 35.5. The largest absolute Gasteiger partial charge is 0.369 e. The van der Waals surface area contributed by atoms with E-state index in [1.54, 1.807) is 6.07 Å². The summed E-state index contributed by atoms with van der Waals surface area (Å²) in [5, 5.41) is 3.59. The molecule has 0 amide bonds. The van der Waals surface area contributed by atoms with Gasteiger partial charge in [-0.3, -0.25) is 0 Å². The minimum atomic E-state index is 0.209. The lowest BCUT2D eigenvalue weighted by Crippen LogP contribution is -2.13. The van der Waals surface area contributed by atoms with Gasteiger partial charge in [-0.15, -0.1) is 0 Å². The van der Waals surface area contributed by atoms with Gasteiger partial charge in [-0.2, -0.15) is 4.98 Å².